The highest BCUT2D eigenvalue weighted by atomic mass is 32.2. The molecule has 26 heavy (non-hydrogen) atoms. The number of thioether (sulfide) groups is 1. The molecule has 0 amide bonds. The molecule has 1 atom stereocenters. The standard InChI is InChI=1S/C19H27N5OS/c1-12-15(11-23(3)21-12)17-16-18(20-13(2)26-17)24(22-19(16)25)14-9-7-5-4-6-8-10-14/h11,14,17H,4-10H2,1-3H3,(H,22,25)/t17-/m0/s1. The normalized spacial score (nSPS) is 21.8. The number of nitrogens with one attached hydrogen (secondary N) is 1. The van der Waals surface area contributed by atoms with Crippen LogP contribution in [0, 0.1) is 6.92 Å². The molecule has 0 bridgehead atoms. The van der Waals surface area contributed by atoms with Gasteiger partial charge in [-0.1, -0.05) is 43.9 Å². The lowest BCUT2D eigenvalue weighted by Crippen LogP contribution is -2.15. The molecule has 1 fully saturated rings. The molecule has 2 aromatic rings. The highest BCUT2D eigenvalue weighted by Gasteiger charge is 2.33. The van der Waals surface area contributed by atoms with E-state index in [1.807, 2.05) is 31.8 Å². The van der Waals surface area contributed by atoms with Crippen LogP contribution in [0.4, 0.5) is 5.82 Å². The molecule has 2 aliphatic rings. The van der Waals surface area contributed by atoms with E-state index in [0.29, 0.717) is 6.04 Å². The summed E-state index contributed by atoms with van der Waals surface area (Å²) < 4.78 is 3.90. The average molecular weight is 374 g/mol. The van der Waals surface area contributed by atoms with Crippen LogP contribution in [-0.2, 0) is 7.05 Å². The molecule has 0 spiro atoms. The summed E-state index contributed by atoms with van der Waals surface area (Å²) in [7, 11) is 1.93. The molecule has 4 rings (SSSR count). The highest BCUT2D eigenvalue weighted by Crippen LogP contribution is 2.45. The Hall–Kier alpha value is -1.76. The van der Waals surface area contributed by atoms with Gasteiger partial charge in [0.2, 0.25) is 0 Å². The van der Waals surface area contributed by atoms with Gasteiger partial charge in [-0.05, 0) is 26.7 Å². The van der Waals surface area contributed by atoms with E-state index in [1.54, 1.807) is 11.8 Å². The fraction of sp³-hybridized carbons (Fsp3) is 0.632. The Morgan fingerprint density at radius 1 is 1.15 bits per heavy atom. The molecular formula is C19H27N5OS. The average Bonchev–Trinajstić information content (AvgIpc) is 3.06. The van der Waals surface area contributed by atoms with Crippen molar-refractivity contribution in [3.8, 4) is 0 Å². The van der Waals surface area contributed by atoms with E-state index in [0.717, 1.165) is 40.5 Å². The van der Waals surface area contributed by atoms with Gasteiger partial charge in [0, 0.05) is 18.8 Å². The topological polar surface area (TPSA) is 68.0 Å². The van der Waals surface area contributed by atoms with Crippen LogP contribution in [0.3, 0.4) is 0 Å². The van der Waals surface area contributed by atoms with Crippen molar-refractivity contribution in [2.45, 2.75) is 70.1 Å². The quantitative estimate of drug-likeness (QED) is 0.849. The van der Waals surface area contributed by atoms with Gasteiger partial charge >= 0.3 is 0 Å². The summed E-state index contributed by atoms with van der Waals surface area (Å²) in [5.74, 6) is 0.838. The Balaban J connectivity index is 1.78. The Kier molecular flexibility index (Phi) is 4.82. The minimum Gasteiger partial charge on any atom is -0.275 e. The van der Waals surface area contributed by atoms with Gasteiger partial charge in [-0.2, -0.15) is 5.10 Å². The Morgan fingerprint density at radius 3 is 2.50 bits per heavy atom. The molecule has 6 nitrogen and oxygen atoms in total. The van der Waals surface area contributed by atoms with Crippen LogP contribution in [0.1, 0.15) is 80.0 Å². The van der Waals surface area contributed by atoms with Gasteiger partial charge in [0.15, 0.2) is 5.82 Å². The molecule has 1 saturated carbocycles. The number of hydrogen-bond donors (Lipinski definition) is 1. The number of H-pyrrole nitrogens is 1. The number of rotatable bonds is 2. The predicted molar refractivity (Wildman–Crippen MR) is 107 cm³/mol. The largest absolute Gasteiger partial charge is 0.275 e. The van der Waals surface area contributed by atoms with E-state index in [4.69, 9.17) is 4.99 Å². The second-order valence-electron chi connectivity index (χ2n) is 7.52. The van der Waals surface area contributed by atoms with Gasteiger partial charge in [0.25, 0.3) is 5.56 Å². The number of nitrogens with zero attached hydrogens (tertiary/aromatic N) is 4. The minimum atomic E-state index is -0.0326. The maximum Gasteiger partial charge on any atom is 0.271 e. The van der Waals surface area contributed by atoms with Crippen LogP contribution in [0.5, 0.6) is 0 Å². The number of aliphatic imine (C=N–C) groups is 1. The second kappa shape index (κ2) is 7.10. The van der Waals surface area contributed by atoms with Crippen LogP contribution in [0.15, 0.2) is 16.0 Å². The van der Waals surface area contributed by atoms with Crippen molar-refractivity contribution in [1.29, 1.82) is 0 Å². The predicted octanol–water partition coefficient (Wildman–Crippen LogP) is 4.39. The Labute approximate surface area is 158 Å². The van der Waals surface area contributed by atoms with E-state index in [2.05, 4.69) is 14.9 Å². The Bertz CT molecular complexity index is 882. The third-order valence-electron chi connectivity index (χ3n) is 5.52. The molecule has 140 valence electrons. The molecule has 3 heterocycles. The molecular weight excluding hydrogens is 346 g/mol. The van der Waals surface area contributed by atoms with E-state index in [1.165, 1.54) is 32.1 Å². The summed E-state index contributed by atoms with van der Waals surface area (Å²) in [6.07, 6.45) is 10.6. The lowest BCUT2D eigenvalue weighted by Gasteiger charge is -2.24. The maximum absolute atomic E-state index is 12.9. The lowest BCUT2D eigenvalue weighted by molar-refractivity contribution is 0.349. The summed E-state index contributed by atoms with van der Waals surface area (Å²) in [5, 5.41) is 8.58. The fourth-order valence-electron chi connectivity index (χ4n) is 4.26. The van der Waals surface area contributed by atoms with Gasteiger partial charge in [-0.25, -0.2) is 4.99 Å². The highest BCUT2D eigenvalue weighted by molar-refractivity contribution is 8.14. The van der Waals surface area contributed by atoms with Crippen molar-refractivity contribution >= 4 is 22.6 Å². The van der Waals surface area contributed by atoms with Crippen molar-refractivity contribution in [3.05, 3.63) is 33.4 Å². The number of aromatic amines is 1. The summed E-state index contributed by atoms with van der Waals surface area (Å²) in [6, 6.07) is 0.349. The number of fused-ring (bicyclic) bond motifs is 1. The third-order valence-corrected chi connectivity index (χ3v) is 6.68. The first kappa shape index (κ1) is 17.6. The van der Waals surface area contributed by atoms with E-state index in [-0.39, 0.29) is 10.8 Å². The van der Waals surface area contributed by atoms with Crippen LogP contribution in [-0.4, -0.2) is 24.6 Å². The smallest absolute Gasteiger partial charge is 0.271 e. The first-order chi connectivity index (χ1) is 12.5. The summed E-state index contributed by atoms with van der Waals surface area (Å²) in [4.78, 5) is 17.7. The molecule has 1 N–H and O–H groups in total. The van der Waals surface area contributed by atoms with Gasteiger partial charge in [-0.3, -0.25) is 19.3 Å². The zero-order valence-corrected chi connectivity index (χ0v) is 16.6. The number of hydrogen-bond acceptors (Lipinski definition) is 4. The van der Waals surface area contributed by atoms with Crippen molar-refractivity contribution in [3.63, 3.8) is 0 Å². The molecule has 0 saturated heterocycles. The van der Waals surface area contributed by atoms with Crippen LogP contribution < -0.4 is 5.56 Å². The van der Waals surface area contributed by atoms with Gasteiger partial charge in [0.1, 0.15) is 0 Å². The van der Waals surface area contributed by atoms with Crippen LogP contribution in [0.2, 0.25) is 0 Å². The van der Waals surface area contributed by atoms with Crippen LogP contribution >= 0.6 is 11.8 Å². The summed E-state index contributed by atoms with van der Waals surface area (Å²) in [6.45, 7) is 4.04. The van der Waals surface area contributed by atoms with E-state index in [9.17, 15) is 4.79 Å². The maximum atomic E-state index is 12.9. The van der Waals surface area contributed by atoms with Crippen molar-refractivity contribution in [2.75, 3.05) is 0 Å². The zero-order chi connectivity index (χ0) is 18.3. The number of aryl methyl sites for hydroxylation is 2. The van der Waals surface area contributed by atoms with Crippen molar-refractivity contribution in [2.24, 2.45) is 12.0 Å². The molecule has 1 aliphatic heterocycles. The monoisotopic (exact) mass is 373 g/mol. The minimum absolute atomic E-state index is 0.000868. The first-order valence-corrected chi connectivity index (χ1v) is 10.5. The summed E-state index contributed by atoms with van der Waals surface area (Å²) >= 11 is 1.65. The van der Waals surface area contributed by atoms with E-state index < -0.39 is 0 Å². The number of aromatic nitrogens is 4. The zero-order valence-electron chi connectivity index (χ0n) is 15.8. The van der Waals surface area contributed by atoms with E-state index >= 15 is 0 Å². The molecule has 0 aromatic carbocycles. The first-order valence-electron chi connectivity index (χ1n) is 9.61. The molecule has 1 aliphatic carbocycles. The van der Waals surface area contributed by atoms with Crippen molar-refractivity contribution in [1.82, 2.24) is 19.6 Å². The van der Waals surface area contributed by atoms with Crippen molar-refractivity contribution < 1.29 is 0 Å². The lowest BCUT2D eigenvalue weighted by atomic mass is 9.97. The van der Waals surface area contributed by atoms with Crippen LogP contribution in [0.25, 0.3) is 0 Å². The molecule has 7 heteroatoms. The second-order valence-corrected chi connectivity index (χ2v) is 8.82. The van der Waals surface area contributed by atoms with Gasteiger partial charge in [0.05, 0.1) is 27.6 Å². The molecule has 0 unspecified atom stereocenters. The SMILES string of the molecule is CC1=Nc2c(c(=O)[nH]n2C2CCCCCCC2)[C@H](c2cn(C)nc2C)S1. The van der Waals surface area contributed by atoms with Gasteiger partial charge in [-0.15, -0.1) is 0 Å². The Morgan fingerprint density at radius 2 is 1.85 bits per heavy atom. The fourth-order valence-corrected chi connectivity index (χ4v) is 5.43. The molecule has 0 radical (unpaired) electrons. The summed E-state index contributed by atoms with van der Waals surface area (Å²) in [5.41, 5.74) is 2.87. The molecule has 2 aromatic heterocycles. The van der Waals surface area contributed by atoms with Gasteiger partial charge < -0.3 is 0 Å². The third kappa shape index (κ3) is 3.17.